The summed E-state index contributed by atoms with van der Waals surface area (Å²) in [5.41, 5.74) is 2.28. The summed E-state index contributed by atoms with van der Waals surface area (Å²) in [5.74, 6) is -0.173. The first-order valence-electron chi connectivity index (χ1n) is 6.48. The number of aryl methyl sites for hydroxylation is 2. The number of halogens is 1. The molecule has 0 atom stereocenters. The van der Waals surface area contributed by atoms with Crippen molar-refractivity contribution in [1.82, 2.24) is 4.98 Å². The van der Waals surface area contributed by atoms with Crippen LogP contribution in [-0.2, 0) is 0 Å². The molecule has 2 N–H and O–H groups in total. The van der Waals surface area contributed by atoms with Gasteiger partial charge in [0.2, 0.25) is 5.88 Å². The van der Waals surface area contributed by atoms with Gasteiger partial charge in [-0.25, -0.2) is 0 Å². The molecular weight excluding hydrogens is 350 g/mol. The van der Waals surface area contributed by atoms with Gasteiger partial charge in [-0.05, 0) is 37.6 Å². The highest BCUT2D eigenvalue weighted by Gasteiger charge is 2.14. The number of aromatic hydroxyl groups is 1. The van der Waals surface area contributed by atoms with Gasteiger partial charge < -0.3 is 14.5 Å². The van der Waals surface area contributed by atoms with Gasteiger partial charge in [-0.15, -0.1) is 10.2 Å². The van der Waals surface area contributed by atoms with Gasteiger partial charge in [0, 0.05) is 9.86 Å². The molecule has 3 rings (SSSR count). The van der Waals surface area contributed by atoms with Crippen LogP contribution in [0.2, 0.25) is 0 Å². The van der Waals surface area contributed by atoms with E-state index in [1.54, 1.807) is 6.92 Å². The summed E-state index contributed by atoms with van der Waals surface area (Å²) in [6.45, 7) is 3.60. The number of carbonyl (C=O) groups excluding carboxylic acids is 1. The van der Waals surface area contributed by atoms with Crippen molar-refractivity contribution in [2.75, 3.05) is 0 Å². The maximum Gasteiger partial charge on any atom is 0.298 e. The number of nitrogens with one attached hydrogen (secondary N) is 1. The molecule has 112 valence electrons. The van der Waals surface area contributed by atoms with Crippen LogP contribution in [0.5, 0.6) is 5.88 Å². The second kappa shape index (κ2) is 5.42. The van der Waals surface area contributed by atoms with E-state index in [0.717, 1.165) is 10.0 Å². The lowest BCUT2D eigenvalue weighted by molar-refractivity contribution is 0.0993. The number of rotatable bonds is 2. The van der Waals surface area contributed by atoms with Crippen molar-refractivity contribution in [3.8, 4) is 5.88 Å². The number of aromatic amines is 1. The Morgan fingerprint density at radius 2 is 2.14 bits per heavy atom. The number of fused-ring (bicyclic) bond motifs is 1. The van der Waals surface area contributed by atoms with Crippen molar-refractivity contribution in [3.05, 3.63) is 45.8 Å². The van der Waals surface area contributed by atoms with Gasteiger partial charge in [0.15, 0.2) is 5.69 Å². The molecule has 2 heterocycles. The van der Waals surface area contributed by atoms with Crippen LogP contribution in [0, 0.1) is 13.8 Å². The average Bonchev–Trinajstić information content (AvgIpc) is 3.01. The molecule has 2 aromatic heterocycles. The minimum Gasteiger partial charge on any atom is -0.493 e. The summed E-state index contributed by atoms with van der Waals surface area (Å²) in [4.78, 5) is 14.8. The van der Waals surface area contributed by atoms with Gasteiger partial charge in [0.1, 0.15) is 5.76 Å². The zero-order valence-electron chi connectivity index (χ0n) is 11.8. The number of amides is 1. The fourth-order valence-electron chi connectivity index (χ4n) is 2.15. The lowest BCUT2D eigenvalue weighted by atomic mass is 10.1. The average molecular weight is 362 g/mol. The minimum atomic E-state index is -0.520. The lowest BCUT2D eigenvalue weighted by Crippen LogP contribution is -1.92. The van der Waals surface area contributed by atoms with Crippen LogP contribution in [0.3, 0.4) is 0 Å². The van der Waals surface area contributed by atoms with Crippen molar-refractivity contribution in [3.63, 3.8) is 0 Å². The number of hydrogen-bond acceptors (Lipinski definition) is 4. The standard InChI is InChI=1S/C15H12BrN3O3/c1-7-5-10-12(6-11(7)16)17-15(21)13(10)18-19-14(20)9-3-4-22-8(9)2/h3-6,17,21H,1-2H3. The Bertz CT molecular complexity index is 908. The molecule has 0 spiro atoms. The van der Waals surface area contributed by atoms with E-state index in [1.807, 2.05) is 19.1 Å². The van der Waals surface area contributed by atoms with Crippen LogP contribution in [0.1, 0.15) is 21.7 Å². The summed E-state index contributed by atoms with van der Waals surface area (Å²) >= 11 is 3.43. The molecule has 0 aliphatic rings. The Hall–Kier alpha value is -2.41. The van der Waals surface area contributed by atoms with E-state index in [-0.39, 0.29) is 11.6 Å². The van der Waals surface area contributed by atoms with Gasteiger partial charge in [-0.3, -0.25) is 4.79 Å². The fraction of sp³-hybridized carbons (Fsp3) is 0.133. The molecule has 0 saturated carbocycles. The topological polar surface area (TPSA) is 90.9 Å². The van der Waals surface area contributed by atoms with Crippen LogP contribution >= 0.6 is 15.9 Å². The number of aromatic nitrogens is 1. The minimum absolute atomic E-state index is 0.132. The molecule has 0 bridgehead atoms. The Morgan fingerprint density at radius 1 is 1.36 bits per heavy atom. The molecule has 0 aliphatic carbocycles. The zero-order valence-corrected chi connectivity index (χ0v) is 13.4. The zero-order chi connectivity index (χ0) is 15.9. The molecule has 1 aromatic carbocycles. The number of nitrogens with zero attached hydrogens (tertiary/aromatic N) is 2. The van der Waals surface area contributed by atoms with Crippen molar-refractivity contribution >= 4 is 38.4 Å². The van der Waals surface area contributed by atoms with Crippen LogP contribution in [0.25, 0.3) is 10.9 Å². The summed E-state index contributed by atoms with van der Waals surface area (Å²) in [7, 11) is 0. The van der Waals surface area contributed by atoms with E-state index < -0.39 is 5.91 Å². The van der Waals surface area contributed by atoms with Gasteiger partial charge in [0.05, 0.1) is 17.3 Å². The Morgan fingerprint density at radius 3 is 2.82 bits per heavy atom. The monoisotopic (exact) mass is 361 g/mol. The number of benzene rings is 1. The summed E-state index contributed by atoms with van der Waals surface area (Å²) in [6, 6.07) is 5.23. The van der Waals surface area contributed by atoms with Crippen molar-refractivity contribution < 1.29 is 14.3 Å². The van der Waals surface area contributed by atoms with E-state index in [0.29, 0.717) is 22.2 Å². The molecule has 7 heteroatoms. The lowest BCUT2D eigenvalue weighted by Gasteiger charge is -1.98. The quantitative estimate of drug-likeness (QED) is 0.644. The highest BCUT2D eigenvalue weighted by molar-refractivity contribution is 9.10. The predicted molar refractivity (Wildman–Crippen MR) is 84.7 cm³/mol. The largest absolute Gasteiger partial charge is 0.493 e. The van der Waals surface area contributed by atoms with Crippen molar-refractivity contribution in [1.29, 1.82) is 0 Å². The van der Waals surface area contributed by atoms with E-state index in [1.165, 1.54) is 12.3 Å². The molecule has 0 fully saturated rings. The first-order valence-corrected chi connectivity index (χ1v) is 7.27. The second-order valence-electron chi connectivity index (χ2n) is 4.86. The molecule has 3 aromatic rings. The number of carbonyl (C=O) groups is 1. The molecule has 0 radical (unpaired) electrons. The third-order valence-electron chi connectivity index (χ3n) is 3.36. The first-order chi connectivity index (χ1) is 10.5. The second-order valence-corrected chi connectivity index (χ2v) is 5.72. The molecule has 1 amide bonds. The molecule has 6 nitrogen and oxygen atoms in total. The van der Waals surface area contributed by atoms with Crippen molar-refractivity contribution in [2.45, 2.75) is 13.8 Å². The van der Waals surface area contributed by atoms with Gasteiger partial charge in [0.25, 0.3) is 5.91 Å². The third kappa shape index (κ3) is 2.43. The summed E-state index contributed by atoms with van der Waals surface area (Å²) < 4.78 is 5.97. The third-order valence-corrected chi connectivity index (χ3v) is 4.22. The van der Waals surface area contributed by atoms with Crippen LogP contribution in [-0.4, -0.2) is 16.0 Å². The fourth-order valence-corrected chi connectivity index (χ4v) is 2.50. The maximum absolute atomic E-state index is 12.0. The maximum atomic E-state index is 12.0. The SMILES string of the molecule is Cc1cc2c(N=NC(=O)c3ccoc3C)c(O)[nH]c2cc1Br. The number of azo groups is 1. The molecular formula is C15H12BrN3O3. The Kier molecular flexibility index (Phi) is 3.58. The Balaban J connectivity index is 2.02. The van der Waals surface area contributed by atoms with E-state index in [2.05, 4.69) is 31.1 Å². The molecule has 0 saturated heterocycles. The first kappa shape index (κ1) is 14.5. The molecule has 22 heavy (non-hydrogen) atoms. The van der Waals surface area contributed by atoms with Crippen LogP contribution in [0.15, 0.2) is 43.6 Å². The smallest absolute Gasteiger partial charge is 0.298 e. The normalized spacial score (nSPS) is 11.6. The number of H-pyrrole nitrogens is 1. The highest BCUT2D eigenvalue weighted by Crippen LogP contribution is 2.37. The van der Waals surface area contributed by atoms with Crippen LogP contribution < -0.4 is 0 Å². The number of hydrogen-bond donors (Lipinski definition) is 2. The van der Waals surface area contributed by atoms with E-state index in [9.17, 15) is 9.90 Å². The van der Waals surface area contributed by atoms with Gasteiger partial charge in [-0.1, -0.05) is 15.9 Å². The number of furan rings is 1. The van der Waals surface area contributed by atoms with Crippen molar-refractivity contribution in [2.24, 2.45) is 10.2 Å². The predicted octanol–water partition coefficient (Wildman–Crippen LogP) is 4.77. The Labute approximate surface area is 134 Å². The van der Waals surface area contributed by atoms with Gasteiger partial charge >= 0.3 is 0 Å². The summed E-state index contributed by atoms with van der Waals surface area (Å²) in [6.07, 6.45) is 1.42. The highest BCUT2D eigenvalue weighted by atomic mass is 79.9. The molecule has 0 unspecified atom stereocenters. The van der Waals surface area contributed by atoms with Crippen LogP contribution in [0.4, 0.5) is 5.69 Å². The van der Waals surface area contributed by atoms with E-state index >= 15 is 0 Å². The van der Waals surface area contributed by atoms with E-state index in [4.69, 9.17) is 4.42 Å². The van der Waals surface area contributed by atoms with Gasteiger partial charge in [-0.2, -0.15) is 0 Å². The summed E-state index contributed by atoms with van der Waals surface area (Å²) in [5, 5.41) is 18.2. The molecule has 0 aliphatic heterocycles.